The van der Waals surface area contributed by atoms with Crippen LogP contribution in [0.15, 0.2) is 53.7 Å². The maximum atomic E-state index is 12.2. The highest BCUT2D eigenvalue weighted by Gasteiger charge is 2.30. The molecule has 11 heteroatoms. The second kappa shape index (κ2) is 8.30. The Hall–Kier alpha value is -3.08. The van der Waals surface area contributed by atoms with Crippen LogP contribution in [0.25, 0.3) is 5.69 Å². The number of carbonyl (C=O) groups is 1. The van der Waals surface area contributed by atoms with E-state index in [9.17, 15) is 18.0 Å². The molecule has 2 aromatic carbocycles. The first-order valence-corrected chi connectivity index (χ1v) is 8.92. The number of tetrazole rings is 1. The lowest BCUT2D eigenvalue weighted by Gasteiger charge is -2.09. The van der Waals surface area contributed by atoms with Crippen LogP contribution in [0.1, 0.15) is 12.5 Å². The lowest BCUT2D eigenvalue weighted by atomic mass is 10.2. The molecule has 28 heavy (non-hydrogen) atoms. The molecule has 146 valence electrons. The van der Waals surface area contributed by atoms with Gasteiger partial charge in [-0.3, -0.25) is 4.79 Å². The Balaban J connectivity index is 1.69. The number of thioether (sulfide) groups is 1. The molecule has 0 saturated carbocycles. The molecule has 7 nitrogen and oxygen atoms in total. The first-order valence-electron chi connectivity index (χ1n) is 7.94. The fourth-order valence-corrected chi connectivity index (χ4v) is 3.13. The van der Waals surface area contributed by atoms with Gasteiger partial charge in [0.1, 0.15) is 5.75 Å². The normalized spacial score (nSPS) is 11.3. The van der Waals surface area contributed by atoms with Crippen molar-refractivity contribution in [1.29, 1.82) is 0 Å². The maximum absolute atomic E-state index is 12.2. The van der Waals surface area contributed by atoms with Crippen molar-refractivity contribution in [1.82, 2.24) is 20.2 Å². The van der Waals surface area contributed by atoms with Gasteiger partial charge < -0.3 is 10.1 Å². The molecule has 3 rings (SSSR count). The van der Waals surface area contributed by atoms with Crippen LogP contribution in [0.5, 0.6) is 5.75 Å². The van der Waals surface area contributed by atoms with Crippen molar-refractivity contribution in [2.75, 3.05) is 5.32 Å². The minimum absolute atomic E-state index is 0.193. The maximum Gasteiger partial charge on any atom is 0.573 e. The topological polar surface area (TPSA) is 81.9 Å². The first-order chi connectivity index (χ1) is 13.3. The van der Waals surface area contributed by atoms with E-state index in [1.807, 2.05) is 0 Å². The van der Waals surface area contributed by atoms with E-state index in [4.69, 9.17) is 0 Å². The van der Waals surface area contributed by atoms with E-state index in [1.165, 1.54) is 35.5 Å². The quantitative estimate of drug-likeness (QED) is 0.624. The van der Waals surface area contributed by atoms with Crippen LogP contribution in [0.3, 0.4) is 0 Å². The van der Waals surface area contributed by atoms with Gasteiger partial charge in [0.15, 0.2) is 0 Å². The summed E-state index contributed by atoms with van der Waals surface area (Å²) >= 11 is 1.32. The number of alkyl halides is 3. The molecular weight excluding hydrogens is 395 g/mol. The molecule has 0 fully saturated rings. The largest absolute Gasteiger partial charge is 0.573 e. The van der Waals surface area contributed by atoms with E-state index >= 15 is 0 Å². The summed E-state index contributed by atoms with van der Waals surface area (Å²) in [5.41, 5.74) is 2.05. The van der Waals surface area contributed by atoms with Gasteiger partial charge in [0.2, 0.25) is 11.1 Å². The molecule has 1 amide bonds. The highest BCUT2D eigenvalue weighted by atomic mass is 32.2. The number of anilines is 1. The monoisotopic (exact) mass is 409 g/mol. The minimum atomic E-state index is -4.72. The summed E-state index contributed by atoms with van der Waals surface area (Å²) in [5, 5.41) is 14.8. The number of nitrogens with zero attached hydrogens (tertiary/aromatic N) is 4. The van der Waals surface area contributed by atoms with Crippen LogP contribution in [-0.2, 0) is 10.5 Å². The van der Waals surface area contributed by atoms with Crippen molar-refractivity contribution in [2.24, 2.45) is 0 Å². The molecule has 0 aliphatic heterocycles. The van der Waals surface area contributed by atoms with Gasteiger partial charge in [-0.15, -0.1) is 18.3 Å². The van der Waals surface area contributed by atoms with Gasteiger partial charge in [-0.25, -0.2) is 0 Å². The van der Waals surface area contributed by atoms with Crippen molar-refractivity contribution in [3.63, 3.8) is 0 Å². The highest BCUT2D eigenvalue weighted by Crippen LogP contribution is 2.26. The molecule has 0 spiro atoms. The third-order valence-electron chi connectivity index (χ3n) is 3.38. The molecule has 3 aromatic rings. The third kappa shape index (κ3) is 5.46. The van der Waals surface area contributed by atoms with E-state index in [0.29, 0.717) is 22.3 Å². The van der Waals surface area contributed by atoms with Gasteiger partial charge in [0.25, 0.3) is 0 Å². The Morgan fingerprint density at radius 3 is 2.64 bits per heavy atom. The molecule has 0 saturated heterocycles. The molecule has 1 N–H and O–H groups in total. The summed E-state index contributed by atoms with van der Waals surface area (Å²) in [6.07, 6.45) is -4.72. The summed E-state index contributed by atoms with van der Waals surface area (Å²) in [5.74, 6) is -0.0276. The average molecular weight is 409 g/mol. The fraction of sp³-hybridized carbons (Fsp3) is 0.176. The fourth-order valence-electron chi connectivity index (χ4n) is 2.28. The molecule has 0 bridgehead atoms. The predicted octanol–water partition coefficient (Wildman–Crippen LogP) is 3.81. The van der Waals surface area contributed by atoms with E-state index in [2.05, 4.69) is 25.6 Å². The molecule has 1 aromatic heterocycles. The summed E-state index contributed by atoms with van der Waals surface area (Å²) < 4.78 is 42.0. The minimum Gasteiger partial charge on any atom is -0.406 e. The van der Waals surface area contributed by atoms with Crippen LogP contribution in [0, 0.1) is 0 Å². The van der Waals surface area contributed by atoms with Gasteiger partial charge in [0, 0.05) is 18.4 Å². The van der Waals surface area contributed by atoms with Crippen molar-refractivity contribution in [3.8, 4) is 11.4 Å². The summed E-state index contributed by atoms with van der Waals surface area (Å²) in [4.78, 5) is 11.2. The SMILES string of the molecule is CC(=O)Nc1cccc(-n2nnnc2SCc2ccc(OC(F)(F)F)cc2)c1. The van der Waals surface area contributed by atoms with Gasteiger partial charge in [0.05, 0.1) is 5.69 Å². The second-order valence-electron chi connectivity index (χ2n) is 5.59. The van der Waals surface area contributed by atoms with E-state index < -0.39 is 6.36 Å². The van der Waals surface area contributed by atoms with Crippen LogP contribution < -0.4 is 10.1 Å². The van der Waals surface area contributed by atoms with E-state index in [1.54, 1.807) is 36.4 Å². The number of carbonyl (C=O) groups excluding carboxylic acids is 1. The van der Waals surface area contributed by atoms with Crippen molar-refractivity contribution >= 4 is 23.4 Å². The Kier molecular flexibility index (Phi) is 5.83. The molecule has 0 aliphatic rings. The van der Waals surface area contributed by atoms with Crippen molar-refractivity contribution in [2.45, 2.75) is 24.2 Å². The number of benzene rings is 2. The zero-order valence-corrected chi connectivity index (χ0v) is 15.3. The van der Waals surface area contributed by atoms with Gasteiger partial charge >= 0.3 is 6.36 Å². The predicted molar refractivity (Wildman–Crippen MR) is 96.1 cm³/mol. The molecular formula is C17H14F3N5O2S. The molecule has 1 heterocycles. The van der Waals surface area contributed by atoms with Crippen LogP contribution in [0.2, 0.25) is 0 Å². The Labute approximate surface area is 161 Å². The van der Waals surface area contributed by atoms with E-state index in [0.717, 1.165) is 5.56 Å². The molecule has 0 unspecified atom stereocenters. The van der Waals surface area contributed by atoms with Gasteiger partial charge in [-0.05, 0) is 46.3 Å². The number of nitrogens with one attached hydrogen (secondary N) is 1. The van der Waals surface area contributed by atoms with Crippen LogP contribution >= 0.6 is 11.8 Å². The Morgan fingerprint density at radius 2 is 1.96 bits per heavy atom. The molecule has 0 atom stereocenters. The Morgan fingerprint density at radius 1 is 1.21 bits per heavy atom. The average Bonchev–Trinajstić information content (AvgIpc) is 3.08. The lowest BCUT2D eigenvalue weighted by Crippen LogP contribution is -2.16. The third-order valence-corrected chi connectivity index (χ3v) is 4.37. The number of halogens is 3. The van der Waals surface area contributed by atoms with E-state index in [-0.39, 0.29) is 11.7 Å². The smallest absolute Gasteiger partial charge is 0.406 e. The number of ether oxygens (including phenoxy) is 1. The van der Waals surface area contributed by atoms with Gasteiger partial charge in [-0.2, -0.15) is 4.68 Å². The number of aromatic nitrogens is 4. The van der Waals surface area contributed by atoms with Crippen molar-refractivity contribution < 1.29 is 22.7 Å². The Bertz CT molecular complexity index is 960. The number of amides is 1. The molecule has 0 aliphatic carbocycles. The highest BCUT2D eigenvalue weighted by molar-refractivity contribution is 7.98. The lowest BCUT2D eigenvalue weighted by molar-refractivity contribution is -0.274. The van der Waals surface area contributed by atoms with Crippen LogP contribution in [-0.4, -0.2) is 32.5 Å². The van der Waals surface area contributed by atoms with Crippen LogP contribution in [0.4, 0.5) is 18.9 Å². The number of hydrogen-bond donors (Lipinski definition) is 1. The summed E-state index contributed by atoms with van der Waals surface area (Å²) in [6, 6.07) is 12.6. The number of hydrogen-bond acceptors (Lipinski definition) is 6. The van der Waals surface area contributed by atoms with Crippen molar-refractivity contribution in [3.05, 3.63) is 54.1 Å². The summed E-state index contributed by atoms with van der Waals surface area (Å²) in [6.45, 7) is 1.41. The summed E-state index contributed by atoms with van der Waals surface area (Å²) in [7, 11) is 0. The molecule has 0 radical (unpaired) electrons. The first kappa shape index (κ1) is 19.7. The second-order valence-corrected chi connectivity index (χ2v) is 6.53. The zero-order chi connectivity index (χ0) is 20.1. The standard InChI is InChI=1S/C17H14F3N5O2S/c1-11(26)21-13-3-2-4-14(9-13)25-16(22-23-24-25)28-10-12-5-7-15(8-6-12)27-17(18,19)20/h2-9H,10H2,1H3,(H,21,26). The number of rotatable bonds is 6. The van der Waals surface area contributed by atoms with Gasteiger partial charge in [-0.1, -0.05) is 30.0 Å². The zero-order valence-electron chi connectivity index (χ0n) is 14.5.